The van der Waals surface area contributed by atoms with Gasteiger partial charge in [-0.15, -0.1) is 0 Å². The molecule has 6 N–H and O–H groups in total. The Morgan fingerprint density at radius 3 is 1.19 bits per heavy atom. The van der Waals surface area contributed by atoms with Gasteiger partial charge < -0.3 is 31.1 Å². The second kappa shape index (κ2) is 12.2. The van der Waals surface area contributed by atoms with Gasteiger partial charge in [-0.1, -0.05) is 0 Å². The van der Waals surface area contributed by atoms with E-state index < -0.39 is 60.6 Å². The van der Waals surface area contributed by atoms with Crippen LogP contribution in [0.25, 0.3) is 0 Å². The number of hydrogen-bond acceptors (Lipinski definition) is 6. The molecule has 27 heavy (non-hydrogen) atoms. The van der Waals surface area contributed by atoms with E-state index in [0.717, 1.165) is 0 Å². The molecule has 2 amide bonds. The summed E-state index contributed by atoms with van der Waals surface area (Å²) in [4.78, 5) is 66.2. The average Bonchev–Trinajstić information content (AvgIpc) is 2.54. The summed E-state index contributed by atoms with van der Waals surface area (Å²) in [6, 6.07) is -2.73. The SMILES string of the molecule is O=C(O)CC[C@@H](NC(=O)CCCC(=O)N[C@H](CCC(=O)O)C(=O)O)C(=O)O. The molecule has 0 bridgehead atoms. The molecule has 0 aliphatic carbocycles. The minimum Gasteiger partial charge on any atom is -0.481 e. The van der Waals surface area contributed by atoms with Crippen molar-refractivity contribution < 1.29 is 49.2 Å². The molecule has 0 unspecified atom stereocenters. The Hall–Kier alpha value is -3.18. The molecule has 2 atom stereocenters. The van der Waals surface area contributed by atoms with Crippen molar-refractivity contribution in [3.8, 4) is 0 Å². The van der Waals surface area contributed by atoms with E-state index in [1.807, 2.05) is 0 Å². The van der Waals surface area contributed by atoms with Crippen LogP contribution in [-0.2, 0) is 28.8 Å². The minimum absolute atomic E-state index is 0.00575. The van der Waals surface area contributed by atoms with E-state index in [9.17, 15) is 28.8 Å². The van der Waals surface area contributed by atoms with Gasteiger partial charge in [0, 0.05) is 25.7 Å². The predicted octanol–water partition coefficient (Wildman–Crippen LogP) is -0.975. The number of carboxylic acid groups (broad SMARTS) is 4. The number of carbonyl (C=O) groups is 6. The predicted molar refractivity (Wildman–Crippen MR) is 86.7 cm³/mol. The number of nitrogens with one attached hydrogen (secondary N) is 2. The monoisotopic (exact) mass is 390 g/mol. The van der Waals surface area contributed by atoms with Crippen molar-refractivity contribution in [2.75, 3.05) is 0 Å². The second-order valence-corrected chi connectivity index (χ2v) is 5.64. The summed E-state index contributed by atoms with van der Waals surface area (Å²) in [5.74, 6) is -6.57. The lowest BCUT2D eigenvalue weighted by molar-refractivity contribution is -0.143. The summed E-state index contributed by atoms with van der Waals surface area (Å²) >= 11 is 0. The molecule has 0 saturated carbocycles. The van der Waals surface area contributed by atoms with Gasteiger partial charge in [-0.05, 0) is 19.3 Å². The molecule has 0 rings (SSSR count). The molecule has 0 aromatic carbocycles. The maximum absolute atomic E-state index is 11.7. The third-order valence-electron chi connectivity index (χ3n) is 3.37. The molecule has 0 heterocycles. The van der Waals surface area contributed by atoms with Crippen LogP contribution < -0.4 is 10.6 Å². The highest BCUT2D eigenvalue weighted by molar-refractivity contribution is 5.85. The molecule has 0 spiro atoms. The topological polar surface area (TPSA) is 207 Å². The summed E-state index contributed by atoms with van der Waals surface area (Å²) in [6.45, 7) is 0. The first-order valence-electron chi connectivity index (χ1n) is 8.00. The first-order chi connectivity index (χ1) is 12.5. The van der Waals surface area contributed by atoms with Crippen molar-refractivity contribution in [1.29, 1.82) is 0 Å². The standard InChI is InChI=1S/C15H22N2O10/c18-10(16-8(14(24)25)4-6-12(20)21)2-1-3-11(19)17-9(15(26)27)5-7-13(22)23/h8-9H,1-7H2,(H,16,18)(H,17,19)(H,20,21)(H,22,23)(H,24,25)(H,26,27)/t8-,9-/m1/s1. The van der Waals surface area contributed by atoms with Gasteiger partial charge >= 0.3 is 23.9 Å². The van der Waals surface area contributed by atoms with Gasteiger partial charge in [0.05, 0.1) is 0 Å². The van der Waals surface area contributed by atoms with Gasteiger partial charge in [-0.2, -0.15) is 0 Å². The maximum Gasteiger partial charge on any atom is 0.326 e. The number of hydrogen-bond donors (Lipinski definition) is 6. The van der Waals surface area contributed by atoms with Crippen molar-refractivity contribution in [2.45, 2.75) is 57.0 Å². The highest BCUT2D eigenvalue weighted by Crippen LogP contribution is 2.03. The molecular weight excluding hydrogens is 368 g/mol. The van der Waals surface area contributed by atoms with Crippen LogP contribution in [0.2, 0.25) is 0 Å². The summed E-state index contributed by atoms with van der Waals surface area (Å²) in [7, 11) is 0. The van der Waals surface area contributed by atoms with Crippen LogP contribution in [0.4, 0.5) is 0 Å². The number of amides is 2. The quantitative estimate of drug-likeness (QED) is 0.214. The summed E-state index contributed by atoms with van der Waals surface area (Å²) in [6.07, 6.45) is -1.91. The van der Waals surface area contributed by atoms with Gasteiger partial charge in [0.1, 0.15) is 12.1 Å². The van der Waals surface area contributed by atoms with E-state index in [4.69, 9.17) is 20.4 Å². The first kappa shape index (κ1) is 23.8. The zero-order valence-corrected chi connectivity index (χ0v) is 14.3. The van der Waals surface area contributed by atoms with E-state index in [-0.39, 0.29) is 32.1 Å². The van der Waals surface area contributed by atoms with Crippen molar-refractivity contribution >= 4 is 35.7 Å². The van der Waals surface area contributed by atoms with Crippen LogP contribution >= 0.6 is 0 Å². The second-order valence-electron chi connectivity index (χ2n) is 5.64. The normalized spacial score (nSPS) is 12.4. The maximum atomic E-state index is 11.7. The molecular formula is C15H22N2O10. The summed E-state index contributed by atoms with van der Waals surface area (Å²) in [5, 5.41) is 39.2. The highest BCUT2D eigenvalue weighted by Gasteiger charge is 2.22. The third kappa shape index (κ3) is 11.9. The number of rotatable bonds is 14. The molecule has 152 valence electrons. The molecule has 0 aliphatic heterocycles. The average molecular weight is 390 g/mol. The largest absolute Gasteiger partial charge is 0.481 e. The molecule has 12 nitrogen and oxygen atoms in total. The van der Waals surface area contributed by atoms with Crippen LogP contribution in [-0.4, -0.2) is 68.2 Å². The Morgan fingerprint density at radius 2 is 0.926 bits per heavy atom. The van der Waals surface area contributed by atoms with Crippen molar-refractivity contribution in [3.63, 3.8) is 0 Å². The van der Waals surface area contributed by atoms with Crippen molar-refractivity contribution in [2.24, 2.45) is 0 Å². The van der Waals surface area contributed by atoms with Gasteiger partial charge in [-0.25, -0.2) is 9.59 Å². The zero-order valence-electron chi connectivity index (χ0n) is 14.3. The number of carboxylic acids is 4. The highest BCUT2D eigenvalue weighted by atomic mass is 16.4. The van der Waals surface area contributed by atoms with Crippen molar-refractivity contribution in [1.82, 2.24) is 10.6 Å². The smallest absolute Gasteiger partial charge is 0.326 e. The van der Waals surface area contributed by atoms with Crippen LogP contribution in [0.5, 0.6) is 0 Å². The van der Waals surface area contributed by atoms with Crippen LogP contribution in [0, 0.1) is 0 Å². The fourth-order valence-corrected chi connectivity index (χ4v) is 1.99. The van der Waals surface area contributed by atoms with Gasteiger partial charge in [-0.3, -0.25) is 19.2 Å². The Morgan fingerprint density at radius 1 is 0.593 bits per heavy atom. The first-order valence-corrected chi connectivity index (χ1v) is 8.00. The Balaban J connectivity index is 4.31. The Kier molecular flexibility index (Phi) is 10.8. The fourth-order valence-electron chi connectivity index (χ4n) is 1.99. The van der Waals surface area contributed by atoms with E-state index in [2.05, 4.69) is 10.6 Å². The lowest BCUT2D eigenvalue weighted by Gasteiger charge is -2.14. The van der Waals surface area contributed by atoms with E-state index >= 15 is 0 Å². The van der Waals surface area contributed by atoms with Gasteiger partial charge in [0.2, 0.25) is 11.8 Å². The van der Waals surface area contributed by atoms with Gasteiger partial charge in [0.25, 0.3) is 0 Å². The number of carbonyl (C=O) groups excluding carboxylic acids is 2. The van der Waals surface area contributed by atoms with Crippen molar-refractivity contribution in [3.05, 3.63) is 0 Å². The molecule has 0 aromatic heterocycles. The summed E-state index contributed by atoms with van der Waals surface area (Å²) < 4.78 is 0. The van der Waals surface area contributed by atoms with Crippen LogP contribution in [0.15, 0.2) is 0 Å². The molecule has 0 saturated heterocycles. The zero-order chi connectivity index (χ0) is 21.0. The molecule has 0 aliphatic rings. The molecule has 0 radical (unpaired) electrons. The van der Waals surface area contributed by atoms with E-state index in [1.165, 1.54) is 0 Å². The molecule has 0 aromatic rings. The number of aliphatic carboxylic acids is 4. The Bertz CT molecular complexity index is 539. The minimum atomic E-state index is -1.38. The van der Waals surface area contributed by atoms with Crippen LogP contribution in [0.1, 0.15) is 44.9 Å². The molecule has 0 fully saturated rings. The summed E-state index contributed by atoms with van der Waals surface area (Å²) in [5.41, 5.74) is 0. The third-order valence-corrected chi connectivity index (χ3v) is 3.37. The van der Waals surface area contributed by atoms with E-state index in [0.29, 0.717) is 0 Å². The fraction of sp³-hybridized carbons (Fsp3) is 0.600. The Labute approximate surface area is 153 Å². The van der Waals surface area contributed by atoms with E-state index in [1.54, 1.807) is 0 Å². The van der Waals surface area contributed by atoms with Crippen LogP contribution in [0.3, 0.4) is 0 Å². The lowest BCUT2D eigenvalue weighted by atomic mass is 10.1. The molecule has 12 heteroatoms. The van der Waals surface area contributed by atoms with Gasteiger partial charge in [0.15, 0.2) is 0 Å². The lowest BCUT2D eigenvalue weighted by Crippen LogP contribution is -2.42.